The van der Waals surface area contributed by atoms with E-state index < -0.39 is 22.5 Å². The number of methoxy groups -OCH3 is 2. The molecule has 1 amide bonds. The fourth-order valence-electron chi connectivity index (χ4n) is 3.85. The fraction of sp³-hybridized carbons (Fsp3) is 0.333. The van der Waals surface area contributed by atoms with E-state index in [0.29, 0.717) is 18.0 Å². The highest BCUT2D eigenvalue weighted by Gasteiger charge is 2.31. The van der Waals surface area contributed by atoms with E-state index >= 15 is 0 Å². The molecule has 0 saturated heterocycles. The van der Waals surface area contributed by atoms with Crippen molar-refractivity contribution in [2.45, 2.75) is 25.3 Å². The Morgan fingerprint density at radius 3 is 2.32 bits per heavy atom. The minimum atomic E-state index is -4.26. The molecule has 11 heteroatoms. The molecule has 3 aromatic rings. The van der Waals surface area contributed by atoms with Crippen LogP contribution >= 0.6 is 11.6 Å². The molecule has 0 radical (unpaired) electrons. The number of rotatable bonds is 11. The third-order valence-corrected chi connectivity index (χ3v) is 8.07. The number of pyridine rings is 1. The molecule has 2 aromatic carbocycles. The van der Waals surface area contributed by atoms with E-state index in [1.54, 1.807) is 29.3 Å². The molecule has 38 heavy (non-hydrogen) atoms. The molecule has 0 aliphatic rings. The van der Waals surface area contributed by atoms with Crippen molar-refractivity contribution >= 4 is 38.9 Å². The lowest BCUT2D eigenvalue weighted by atomic mass is 10.2. The number of carbonyl (C=O) groups is 1. The molecule has 0 bridgehead atoms. The standard InChI is InChI=1S/C27H33ClN4O5S/c1-7-31(17-20-14-19(2)12-13-29-20)27(33)18-32(24-15-21(30(3)4)8-10-23(24)28)38(34,35)22-9-11-25(36-5)26(16-22)37-6/h8-16H,7,17-18H2,1-6H3. The van der Waals surface area contributed by atoms with Crippen molar-refractivity contribution in [3.63, 3.8) is 0 Å². The summed E-state index contributed by atoms with van der Waals surface area (Å²) in [5.74, 6) is 0.226. The fourth-order valence-corrected chi connectivity index (χ4v) is 5.56. The van der Waals surface area contributed by atoms with Crippen molar-refractivity contribution < 1.29 is 22.7 Å². The summed E-state index contributed by atoms with van der Waals surface area (Å²) in [6.07, 6.45) is 1.68. The zero-order valence-corrected chi connectivity index (χ0v) is 24.0. The number of aromatic nitrogens is 1. The Morgan fingerprint density at radius 1 is 1.00 bits per heavy atom. The molecule has 204 valence electrons. The third-order valence-electron chi connectivity index (χ3n) is 6.00. The van der Waals surface area contributed by atoms with E-state index in [1.165, 1.54) is 32.4 Å². The summed E-state index contributed by atoms with van der Waals surface area (Å²) in [5, 5.41) is 0.191. The monoisotopic (exact) mass is 560 g/mol. The summed E-state index contributed by atoms with van der Waals surface area (Å²) >= 11 is 6.54. The first-order chi connectivity index (χ1) is 18.0. The van der Waals surface area contributed by atoms with Gasteiger partial charge in [-0.3, -0.25) is 14.1 Å². The Balaban J connectivity index is 2.09. The van der Waals surface area contributed by atoms with Crippen LogP contribution in [0.2, 0.25) is 5.02 Å². The first-order valence-corrected chi connectivity index (χ1v) is 13.7. The summed E-state index contributed by atoms with van der Waals surface area (Å²) in [6.45, 7) is 3.92. The number of ether oxygens (including phenoxy) is 2. The van der Waals surface area contributed by atoms with Gasteiger partial charge in [-0.2, -0.15) is 0 Å². The molecule has 0 aliphatic heterocycles. The van der Waals surface area contributed by atoms with E-state index in [-0.39, 0.29) is 27.9 Å². The number of carbonyl (C=O) groups excluding carboxylic acids is 1. The lowest BCUT2D eigenvalue weighted by molar-refractivity contribution is -0.130. The van der Waals surface area contributed by atoms with Crippen molar-refractivity contribution in [3.05, 3.63) is 71.0 Å². The maximum Gasteiger partial charge on any atom is 0.264 e. The summed E-state index contributed by atoms with van der Waals surface area (Å²) in [4.78, 5) is 21.2. The zero-order chi connectivity index (χ0) is 28.0. The predicted octanol–water partition coefficient (Wildman–Crippen LogP) is 4.37. The lowest BCUT2D eigenvalue weighted by Crippen LogP contribution is -2.43. The van der Waals surface area contributed by atoms with Crippen LogP contribution in [0.4, 0.5) is 11.4 Å². The van der Waals surface area contributed by atoms with Gasteiger partial charge in [0.1, 0.15) is 6.54 Å². The maximum atomic E-state index is 14.1. The summed E-state index contributed by atoms with van der Waals surface area (Å²) in [7, 11) is 2.29. The van der Waals surface area contributed by atoms with Gasteiger partial charge in [-0.15, -0.1) is 0 Å². The van der Waals surface area contributed by atoms with Gasteiger partial charge in [-0.1, -0.05) is 11.6 Å². The average Bonchev–Trinajstić information content (AvgIpc) is 2.90. The van der Waals surface area contributed by atoms with E-state index in [4.69, 9.17) is 21.1 Å². The van der Waals surface area contributed by atoms with Gasteiger partial charge >= 0.3 is 0 Å². The van der Waals surface area contributed by atoms with Gasteiger partial charge in [0.05, 0.1) is 42.1 Å². The van der Waals surface area contributed by atoms with Crippen LogP contribution in [-0.2, 0) is 21.4 Å². The lowest BCUT2D eigenvalue weighted by Gasteiger charge is -2.29. The molecule has 0 saturated carbocycles. The van der Waals surface area contributed by atoms with E-state index in [2.05, 4.69) is 4.98 Å². The number of aryl methyl sites for hydroxylation is 1. The summed E-state index contributed by atoms with van der Waals surface area (Å²) in [5.41, 5.74) is 2.64. The molecule has 1 heterocycles. The molecular formula is C27H33ClN4O5S. The Bertz CT molecular complexity index is 1400. The molecule has 0 aliphatic carbocycles. The molecule has 0 N–H and O–H groups in total. The molecule has 3 rings (SSSR count). The Labute approximate surface area is 229 Å². The normalized spacial score (nSPS) is 11.1. The smallest absolute Gasteiger partial charge is 0.264 e. The van der Waals surface area contributed by atoms with Gasteiger partial charge in [0.25, 0.3) is 10.0 Å². The van der Waals surface area contributed by atoms with Gasteiger partial charge in [0.2, 0.25) is 5.91 Å². The Kier molecular flexibility index (Phi) is 9.45. The number of hydrogen-bond donors (Lipinski definition) is 0. The largest absolute Gasteiger partial charge is 0.493 e. The number of amides is 1. The van der Waals surface area contributed by atoms with Gasteiger partial charge in [0.15, 0.2) is 11.5 Å². The minimum absolute atomic E-state index is 0.0716. The van der Waals surface area contributed by atoms with Gasteiger partial charge < -0.3 is 19.3 Å². The molecule has 0 unspecified atom stereocenters. The highest BCUT2D eigenvalue weighted by molar-refractivity contribution is 7.92. The number of nitrogens with zero attached hydrogens (tertiary/aromatic N) is 4. The highest BCUT2D eigenvalue weighted by Crippen LogP contribution is 2.36. The van der Waals surface area contributed by atoms with Crippen LogP contribution in [0.3, 0.4) is 0 Å². The van der Waals surface area contributed by atoms with Crippen LogP contribution in [0.5, 0.6) is 11.5 Å². The summed E-state index contributed by atoms with van der Waals surface area (Å²) in [6, 6.07) is 13.1. The summed E-state index contributed by atoms with van der Waals surface area (Å²) < 4.78 is 39.7. The van der Waals surface area contributed by atoms with Crippen LogP contribution in [0.25, 0.3) is 0 Å². The second kappa shape index (κ2) is 12.4. The van der Waals surface area contributed by atoms with Crippen LogP contribution < -0.4 is 18.7 Å². The van der Waals surface area contributed by atoms with Gasteiger partial charge in [-0.05, 0) is 61.9 Å². The van der Waals surface area contributed by atoms with Crippen molar-refractivity contribution in [2.24, 2.45) is 0 Å². The average molecular weight is 561 g/mol. The number of halogens is 1. The molecule has 0 fully saturated rings. The zero-order valence-electron chi connectivity index (χ0n) is 22.4. The maximum absolute atomic E-state index is 14.1. The predicted molar refractivity (Wildman–Crippen MR) is 150 cm³/mol. The van der Waals surface area contributed by atoms with E-state index in [9.17, 15) is 13.2 Å². The minimum Gasteiger partial charge on any atom is -0.493 e. The van der Waals surface area contributed by atoms with Crippen molar-refractivity contribution in [1.82, 2.24) is 9.88 Å². The van der Waals surface area contributed by atoms with E-state index in [0.717, 1.165) is 15.6 Å². The number of anilines is 2. The molecular weight excluding hydrogens is 528 g/mol. The van der Waals surface area contributed by atoms with Crippen molar-refractivity contribution in [3.8, 4) is 11.5 Å². The van der Waals surface area contributed by atoms with E-state index in [1.807, 2.05) is 45.0 Å². The second-order valence-corrected chi connectivity index (χ2v) is 11.1. The molecule has 0 atom stereocenters. The van der Waals surface area contributed by atoms with Gasteiger partial charge in [-0.25, -0.2) is 8.42 Å². The van der Waals surface area contributed by atoms with Gasteiger partial charge in [0, 0.05) is 38.6 Å². The third kappa shape index (κ3) is 6.49. The van der Waals surface area contributed by atoms with Crippen LogP contribution in [0.15, 0.2) is 59.6 Å². The number of hydrogen-bond acceptors (Lipinski definition) is 7. The SMILES string of the molecule is CCN(Cc1cc(C)ccn1)C(=O)CN(c1cc(N(C)C)ccc1Cl)S(=O)(=O)c1ccc(OC)c(OC)c1. The van der Waals surface area contributed by atoms with Crippen LogP contribution in [0.1, 0.15) is 18.2 Å². The van der Waals surface area contributed by atoms with Crippen molar-refractivity contribution in [1.29, 1.82) is 0 Å². The number of benzene rings is 2. The van der Waals surface area contributed by atoms with Crippen molar-refractivity contribution in [2.75, 3.05) is 50.6 Å². The quantitative estimate of drug-likeness (QED) is 0.344. The Morgan fingerprint density at radius 2 is 1.71 bits per heavy atom. The van der Waals surface area contributed by atoms with Crippen LogP contribution in [-0.4, -0.2) is 65.6 Å². The Hall–Kier alpha value is -3.50. The number of sulfonamides is 1. The van der Waals surface area contributed by atoms with Crippen LogP contribution in [0, 0.1) is 6.92 Å². The first kappa shape index (κ1) is 29.1. The molecule has 0 spiro atoms. The topological polar surface area (TPSA) is 92.3 Å². The number of likely N-dealkylation sites (N-methyl/N-ethyl adjacent to an activating group) is 1. The molecule has 1 aromatic heterocycles. The highest BCUT2D eigenvalue weighted by atomic mass is 35.5. The molecule has 9 nitrogen and oxygen atoms in total. The second-order valence-electron chi connectivity index (χ2n) is 8.79. The first-order valence-electron chi connectivity index (χ1n) is 11.9.